The Morgan fingerprint density at radius 1 is 1.10 bits per heavy atom. The molecule has 1 aromatic carbocycles. The van der Waals surface area contributed by atoms with E-state index in [0.29, 0.717) is 19.4 Å². The lowest BCUT2D eigenvalue weighted by atomic mass is 10.1. The van der Waals surface area contributed by atoms with Crippen molar-refractivity contribution < 1.29 is 18.3 Å². The molecule has 0 unspecified atom stereocenters. The van der Waals surface area contributed by atoms with Gasteiger partial charge in [-0.15, -0.1) is 0 Å². The Bertz CT molecular complexity index is 537. The van der Waals surface area contributed by atoms with Gasteiger partial charge in [0.05, 0.1) is 4.90 Å². The van der Waals surface area contributed by atoms with E-state index in [4.69, 9.17) is 5.11 Å². The van der Waals surface area contributed by atoms with Gasteiger partial charge in [-0.1, -0.05) is 31.9 Å². The number of carbonyl (C=O) groups is 1. The minimum Gasteiger partial charge on any atom is -0.481 e. The predicted molar refractivity (Wildman–Crippen MR) is 81.7 cm³/mol. The van der Waals surface area contributed by atoms with Crippen LogP contribution < -0.4 is 4.72 Å². The summed E-state index contributed by atoms with van der Waals surface area (Å²) in [5.41, 5.74) is 1.10. The maximum atomic E-state index is 12.0. The smallest absolute Gasteiger partial charge is 0.303 e. The number of benzene rings is 1. The summed E-state index contributed by atoms with van der Waals surface area (Å²) in [7, 11) is -3.44. The van der Waals surface area contributed by atoms with Crippen LogP contribution in [0, 0.1) is 0 Å². The quantitative estimate of drug-likeness (QED) is 0.650. The van der Waals surface area contributed by atoms with Crippen LogP contribution in [0.4, 0.5) is 0 Å². The summed E-state index contributed by atoms with van der Waals surface area (Å²) in [5, 5.41) is 8.49. The van der Waals surface area contributed by atoms with Crippen molar-refractivity contribution in [2.24, 2.45) is 0 Å². The molecule has 0 fully saturated rings. The second-order valence-corrected chi connectivity index (χ2v) is 6.72. The Morgan fingerprint density at radius 2 is 1.71 bits per heavy atom. The first-order chi connectivity index (χ1) is 9.95. The molecule has 1 aromatic rings. The molecule has 0 radical (unpaired) electrons. The van der Waals surface area contributed by atoms with E-state index >= 15 is 0 Å². The summed E-state index contributed by atoms with van der Waals surface area (Å²) in [4.78, 5) is 10.6. The van der Waals surface area contributed by atoms with Gasteiger partial charge in [-0.3, -0.25) is 4.79 Å². The first-order valence-electron chi connectivity index (χ1n) is 7.26. The highest BCUT2D eigenvalue weighted by Crippen LogP contribution is 2.11. The number of aryl methyl sites for hydroxylation is 1. The Hall–Kier alpha value is -1.40. The van der Waals surface area contributed by atoms with Crippen molar-refractivity contribution in [1.82, 2.24) is 4.72 Å². The number of unbranched alkanes of at least 4 members (excludes halogenated alkanes) is 3. The highest BCUT2D eigenvalue weighted by molar-refractivity contribution is 7.89. The molecular weight excluding hydrogens is 290 g/mol. The second kappa shape index (κ2) is 8.79. The molecule has 6 heteroatoms. The summed E-state index contributed by atoms with van der Waals surface area (Å²) in [5.74, 6) is -0.786. The van der Waals surface area contributed by atoms with Crippen LogP contribution in [-0.4, -0.2) is 26.0 Å². The molecule has 2 N–H and O–H groups in total. The fraction of sp³-hybridized carbons (Fsp3) is 0.533. The molecule has 21 heavy (non-hydrogen) atoms. The molecule has 5 nitrogen and oxygen atoms in total. The average molecular weight is 313 g/mol. The maximum absolute atomic E-state index is 12.0. The molecule has 1 rings (SSSR count). The zero-order valence-electron chi connectivity index (χ0n) is 12.3. The van der Waals surface area contributed by atoms with Gasteiger partial charge in [0.2, 0.25) is 10.0 Å². The molecule has 0 aliphatic carbocycles. The molecule has 0 atom stereocenters. The van der Waals surface area contributed by atoms with Gasteiger partial charge < -0.3 is 5.11 Å². The molecule has 118 valence electrons. The normalized spacial score (nSPS) is 11.5. The SMILES string of the molecule is CCc1ccc(S(=O)(=O)NCCCCCCC(=O)O)cc1. The summed E-state index contributed by atoms with van der Waals surface area (Å²) < 4.78 is 26.6. The van der Waals surface area contributed by atoms with Gasteiger partial charge in [-0.25, -0.2) is 13.1 Å². The molecule has 0 aliphatic rings. The number of aliphatic carboxylic acids is 1. The van der Waals surface area contributed by atoms with Crippen LogP contribution >= 0.6 is 0 Å². The Balaban J connectivity index is 2.31. The van der Waals surface area contributed by atoms with Gasteiger partial charge in [0.15, 0.2) is 0 Å². The molecule has 0 saturated carbocycles. The number of nitrogens with one attached hydrogen (secondary N) is 1. The van der Waals surface area contributed by atoms with E-state index in [9.17, 15) is 13.2 Å². The van der Waals surface area contributed by atoms with Crippen LogP contribution in [-0.2, 0) is 21.2 Å². The van der Waals surface area contributed by atoms with E-state index in [0.717, 1.165) is 24.8 Å². The van der Waals surface area contributed by atoms with Gasteiger partial charge in [0.1, 0.15) is 0 Å². The third kappa shape index (κ3) is 6.73. The van der Waals surface area contributed by atoms with Gasteiger partial charge >= 0.3 is 5.97 Å². The molecule has 0 heterocycles. The second-order valence-electron chi connectivity index (χ2n) is 4.95. The first-order valence-corrected chi connectivity index (χ1v) is 8.74. The molecular formula is C15H23NO4S. The zero-order chi connectivity index (χ0) is 15.7. The van der Waals surface area contributed by atoms with Gasteiger partial charge in [0.25, 0.3) is 0 Å². The van der Waals surface area contributed by atoms with E-state index < -0.39 is 16.0 Å². The Morgan fingerprint density at radius 3 is 2.29 bits per heavy atom. The molecule has 0 aliphatic heterocycles. The van der Waals surface area contributed by atoms with Crippen molar-refractivity contribution in [3.8, 4) is 0 Å². The van der Waals surface area contributed by atoms with Crippen molar-refractivity contribution in [2.75, 3.05) is 6.54 Å². The Labute approximate surface area is 126 Å². The lowest BCUT2D eigenvalue weighted by Crippen LogP contribution is -2.24. The fourth-order valence-electron chi connectivity index (χ4n) is 1.95. The summed E-state index contributed by atoms with van der Waals surface area (Å²) >= 11 is 0. The van der Waals surface area contributed by atoms with Crippen LogP contribution in [0.25, 0.3) is 0 Å². The van der Waals surface area contributed by atoms with Gasteiger partial charge in [0, 0.05) is 13.0 Å². The van der Waals surface area contributed by atoms with Crippen LogP contribution in [0.3, 0.4) is 0 Å². The number of rotatable bonds is 10. The monoisotopic (exact) mass is 313 g/mol. The summed E-state index contributed by atoms with van der Waals surface area (Å²) in [6, 6.07) is 6.88. The average Bonchev–Trinajstić information content (AvgIpc) is 2.46. The third-order valence-electron chi connectivity index (χ3n) is 3.25. The van der Waals surface area contributed by atoms with Crippen LogP contribution in [0.5, 0.6) is 0 Å². The van der Waals surface area contributed by atoms with Crippen molar-refractivity contribution in [1.29, 1.82) is 0 Å². The van der Waals surface area contributed by atoms with Crippen molar-refractivity contribution in [3.05, 3.63) is 29.8 Å². The minimum absolute atomic E-state index is 0.176. The van der Waals surface area contributed by atoms with Gasteiger partial charge in [-0.05, 0) is 37.0 Å². The molecule has 0 aromatic heterocycles. The van der Waals surface area contributed by atoms with E-state index in [1.807, 2.05) is 19.1 Å². The number of hydrogen-bond donors (Lipinski definition) is 2. The van der Waals surface area contributed by atoms with E-state index in [-0.39, 0.29) is 11.3 Å². The predicted octanol–water partition coefficient (Wildman–Crippen LogP) is 2.56. The first kappa shape index (κ1) is 17.7. The molecule has 0 spiro atoms. The van der Waals surface area contributed by atoms with Crippen molar-refractivity contribution in [2.45, 2.75) is 50.3 Å². The molecule has 0 saturated heterocycles. The Kier molecular flexibility index (Phi) is 7.39. The number of carboxylic acids is 1. The van der Waals surface area contributed by atoms with E-state index in [1.54, 1.807) is 12.1 Å². The largest absolute Gasteiger partial charge is 0.481 e. The van der Waals surface area contributed by atoms with Crippen LogP contribution in [0.2, 0.25) is 0 Å². The number of carboxylic acid groups (broad SMARTS) is 1. The van der Waals surface area contributed by atoms with E-state index in [2.05, 4.69) is 4.72 Å². The topological polar surface area (TPSA) is 83.5 Å². The minimum atomic E-state index is -3.44. The maximum Gasteiger partial charge on any atom is 0.303 e. The number of hydrogen-bond acceptors (Lipinski definition) is 3. The fourth-order valence-corrected chi connectivity index (χ4v) is 3.02. The lowest BCUT2D eigenvalue weighted by molar-refractivity contribution is -0.137. The van der Waals surface area contributed by atoms with Crippen LogP contribution in [0.15, 0.2) is 29.2 Å². The molecule has 0 bridgehead atoms. The van der Waals surface area contributed by atoms with E-state index in [1.165, 1.54) is 0 Å². The highest BCUT2D eigenvalue weighted by Gasteiger charge is 2.12. The van der Waals surface area contributed by atoms with Crippen molar-refractivity contribution >= 4 is 16.0 Å². The van der Waals surface area contributed by atoms with Gasteiger partial charge in [-0.2, -0.15) is 0 Å². The molecule has 0 amide bonds. The summed E-state index contributed by atoms with van der Waals surface area (Å²) in [6.45, 7) is 2.40. The zero-order valence-corrected chi connectivity index (χ0v) is 13.2. The number of sulfonamides is 1. The highest BCUT2D eigenvalue weighted by atomic mass is 32.2. The van der Waals surface area contributed by atoms with Crippen LogP contribution in [0.1, 0.15) is 44.6 Å². The summed E-state index contributed by atoms with van der Waals surface area (Å²) in [6.07, 6.45) is 4.04. The standard InChI is InChI=1S/C15H23NO4S/c1-2-13-8-10-14(11-9-13)21(19,20)16-12-6-4-3-5-7-15(17)18/h8-11,16H,2-7,12H2,1H3,(H,17,18). The van der Waals surface area contributed by atoms with Crippen molar-refractivity contribution in [3.63, 3.8) is 0 Å². The third-order valence-corrected chi connectivity index (χ3v) is 4.73. The lowest BCUT2D eigenvalue weighted by Gasteiger charge is -2.07.